The van der Waals surface area contributed by atoms with Crippen molar-refractivity contribution in [3.63, 3.8) is 0 Å². The summed E-state index contributed by atoms with van der Waals surface area (Å²) in [6, 6.07) is 6.24. The molecule has 2 rings (SSSR count). The van der Waals surface area contributed by atoms with Gasteiger partial charge in [0.1, 0.15) is 0 Å². The molecule has 0 radical (unpaired) electrons. The van der Waals surface area contributed by atoms with Crippen molar-refractivity contribution in [2.24, 2.45) is 0 Å². The zero-order valence-corrected chi connectivity index (χ0v) is 11.4. The third-order valence-electron chi connectivity index (χ3n) is 3.45. The summed E-state index contributed by atoms with van der Waals surface area (Å²) in [7, 11) is 0. The van der Waals surface area contributed by atoms with Gasteiger partial charge in [-0.15, -0.1) is 0 Å². The first-order valence-corrected chi connectivity index (χ1v) is 6.43. The van der Waals surface area contributed by atoms with Crippen molar-refractivity contribution in [1.82, 2.24) is 10.3 Å². The van der Waals surface area contributed by atoms with Gasteiger partial charge in [-0.2, -0.15) is 0 Å². The van der Waals surface area contributed by atoms with E-state index >= 15 is 0 Å². The number of fused-ring (bicyclic) bond motifs is 1. The second-order valence-electron chi connectivity index (χ2n) is 4.91. The number of carbonyl (C=O) groups excluding carboxylic acids is 1. The van der Waals surface area contributed by atoms with E-state index in [1.807, 2.05) is 26.0 Å². The van der Waals surface area contributed by atoms with Gasteiger partial charge in [-0.1, -0.05) is 25.1 Å². The van der Waals surface area contributed by atoms with Crippen molar-refractivity contribution in [1.29, 1.82) is 0 Å². The normalized spacial score (nSPS) is 12.7. The lowest BCUT2D eigenvalue weighted by molar-refractivity contribution is 0.0940. The van der Waals surface area contributed by atoms with Crippen LogP contribution >= 0.6 is 0 Å². The monoisotopic (exact) mass is 244 g/mol. The Labute approximate surface area is 108 Å². The molecule has 0 bridgehead atoms. The summed E-state index contributed by atoms with van der Waals surface area (Å²) in [5.74, 6) is 0.0127. The smallest absolute Gasteiger partial charge is 0.253 e. The number of aryl methyl sites for hydroxylation is 2. The Morgan fingerprint density at radius 2 is 2.11 bits per heavy atom. The zero-order valence-electron chi connectivity index (χ0n) is 11.4. The van der Waals surface area contributed by atoms with Crippen molar-refractivity contribution in [3.8, 4) is 0 Å². The van der Waals surface area contributed by atoms with Crippen LogP contribution in [0.1, 0.15) is 41.9 Å². The zero-order chi connectivity index (χ0) is 13.3. The molecule has 1 aromatic carbocycles. The lowest BCUT2D eigenvalue weighted by Gasteiger charge is -2.11. The highest BCUT2D eigenvalue weighted by molar-refractivity contribution is 6.08. The minimum absolute atomic E-state index is 0.0127. The summed E-state index contributed by atoms with van der Waals surface area (Å²) in [6.07, 6.45) is 0.937. The maximum atomic E-state index is 12.3. The molecule has 0 saturated heterocycles. The number of hydrogen-bond acceptors (Lipinski definition) is 1. The molecule has 96 valence electrons. The average molecular weight is 244 g/mol. The molecule has 1 amide bonds. The fourth-order valence-electron chi connectivity index (χ4n) is 2.18. The predicted molar refractivity (Wildman–Crippen MR) is 75.0 cm³/mol. The van der Waals surface area contributed by atoms with E-state index in [0.717, 1.165) is 34.1 Å². The van der Waals surface area contributed by atoms with Crippen LogP contribution in [0.5, 0.6) is 0 Å². The summed E-state index contributed by atoms with van der Waals surface area (Å²) in [6.45, 7) is 8.09. The van der Waals surface area contributed by atoms with Gasteiger partial charge in [-0.3, -0.25) is 4.79 Å². The molecule has 1 aromatic heterocycles. The highest BCUT2D eigenvalue weighted by Crippen LogP contribution is 2.24. The molecule has 3 heteroatoms. The van der Waals surface area contributed by atoms with E-state index in [2.05, 4.69) is 30.2 Å². The number of benzene rings is 1. The van der Waals surface area contributed by atoms with Crippen LogP contribution in [0.3, 0.4) is 0 Å². The maximum Gasteiger partial charge on any atom is 0.253 e. The van der Waals surface area contributed by atoms with E-state index in [-0.39, 0.29) is 11.9 Å². The van der Waals surface area contributed by atoms with Crippen molar-refractivity contribution in [3.05, 3.63) is 35.0 Å². The third-order valence-corrected chi connectivity index (χ3v) is 3.45. The van der Waals surface area contributed by atoms with Crippen LogP contribution in [0.15, 0.2) is 18.2 Å². The maximum absolute atomic E-state index is 12.3. The van der Waals surface area contributed by atoms with Crippen LogP contribution in [0, 0.1) is 13.8 Å². The number of amides is 1. The average Bonchev–Trinajstić information content (AvgIpc) is 2.67. The molecule has 2 aromatic rings. The van der Waals surface area contributed by atoms with E-state index in [9.17, 15) is 4.79 Å². The molecule has 1 atom stereocenters. The quantitative estimate of drug-likeness (QED) is 0.854. The first kappa shape index (κ1) is 12.7. The van der Waals surface area contributed by atoms with Gasteiger partial charge in [0.05, 0.1) is 5.56 Å². The van der Waals surface area contributed by atoms with Crippen LogP contribution in [0.2, 0.25) is 0 Å². The van der Waals surface area contributed by atoms with Gasteiger partial charge >= 0.3 is 0 Å². The summed E-state index contributed by atoms with van der Waals surface area (Å²) < 4.78 is 0. The van der Waals surface area contributed by atoms with Gasteiger partial charge in [0.2, 0.25) is 0 Å². The number of nitrogens with one attached hydrogen (secondary N) is 2. The Balaban J connectivity index is 2.47. The summed E-state index contributed by atoms with van der Waals surface area (Å²) >= 11 is 0. The molecule has 0 spiro atoms. The molecule has 18 heavy (non-hydrogen) atoms. The number of para-hydroxylation sites is 1. The lowest BCUT2D eigenvalue weighted by atomic mass is 10.1. The molecule has 0 saturated carbocycles. The predicted octanol–water partition coefficient (Wildman–Crippen LogP) is 3.31. The van der Waals surface area contributed by atoms with Crippen LogP contribution in [0.25, 0.3) is 10.9 Å². The van der Waals surface area contributed by atoms with Gasteiger partial charge in [0.15, 0.2) is 0 Å². The molecule has 0 aliphatic heterocycles. The highest BCUT2D eigenvalue weighted by atomic mass is 16.1. The molecule has 0 aliphatic carbocycles. The Morgan fingerprint density at radius 1 is 1.39 bits per heavy atom. The summed E-state index contributed by atoms with van der Waals surface area (Å²) in [5, 5.41) is 4.03. The standard InChI is InChI=1S/C15H20N2O/c1-5-10(3)16-15(18)13-11(4)17-14-9(2)7-6-8-12(13)14/h6-8,10,17H,5H2,1-4H3,(H,16,18). The van der Waals surface area contributed by atoms with E-state index in [0.29, 0.717) is 0 Å². The van der Waals surface area contributed by atoms with Crippen molar-refractivity contribution < 1.29 is 4.79 Å². The Kier molecular flexibility index (Phi) is 3.41. The SMILES string of the molecule is CCC(C)NC(=O)c1c(C)[nH]c2c(C)cccc12. The Bertz CT molecular complexity index is 583. The van der Waals surface area contributed by atoms with E-state index in [4.69, 9.17) is 0 Å². The topological polar surface area (TPSA) is 44.9 Å². The number of rotatable bonds is 3. The van der Waals surface area contributed by atoms with E-state index in [1.165, 1.54) is 0 Å². The fraction of sp³-hybridized carbons (Fsp3) is 0.400. The minimum Gasteiger partial charge on any atom is -0.358 e. The minimum atomic E-state index is 0.0127. The number of aromatic nitrogens is 1. The second-order valence-corrected chi connectivity index (χ2v) is 4.91. The van der Waals surface area contributed by atoms with Gasteiger partial charge in [-0.05, 0) is 32.8 Å². The fourth-order valence-corrected chi connectivity index (χ4v) is 2.18. The second kappa shape index (κ2) is 4.84. The first-order chi connectivity index (χ1) is 8.54. The lowest BCUT2D eigenvalue weighted by Crippen LogP contribution is -2.32. The van der Waals surface area contributed by atoms with Crippen molar-refractivity contribution in [2.75, 3.05) is 0 Å². The number of carbonyl (C=O) groups is 1. The van der Waals surface area contributed by atoms with E-state index < -0.39 is 0 Å². The first-order valence-electron chi connectivity index (χ1n) is 6.43. The van der Waals surface area contributed by atoms with Crippen molar-refractivity contribution >= 4 is 16.8 Å². The molecule has 3 nitrogen and oxygen atoms in total. The molecule has 0 aliphatic rings. The molecule has 1 unspecified atom stereocenters. The van der Waals surface area contributed by atoms with Crippen LogP contribution < -0.4 is 5.32 Å². The van der Waals surface area contributed by atoms with Crippen LogP contribution in [0.4, 0.5) is 0 Å². The third kappa shape index (κ3) is 2.13. The molecule has 0 fully saturated rings. The molecule has 2 N–H and O–H groups in total. The van der Waals surface area contributed by atoms with Gasteiger partial charge in [0, 0.05) is 22.6 Å². The number of H-pyrrole nitrogens is 1. The van der Waals surface area contributed by atoms with Crippen LogP contribution in [-0.4, -0.2) is 16.9 Å². The highest BCUT2D eigenvalue weighted by Gasteiger charge is 2.17. The number of hydrogen-bond donors (Lipinski definition) is 2. The Hall–Kier alpha value is -1.77. The largest absolute Gasteiger partial charge is 0.358 e. The van der Waals surface area contributed by atoms with Gasteiger partial charge in [-0.25, -0.2) is 0 Å². The summed E-state index contributed by atoms with van der Waals surface area (Å²) in [4.78, 5) is 15.6. The molecule has 1 heterocycles. The Morgan fingerprint density at radius 3 is 2.78 bits per heavy atom. The van der Waals surface area contributed by atoms with Crippen molar-refractivity contribution in [2.45, 2.75) is 40.2 Å². The number of aromatic amines is 1. The van der Waals surface area contributed by atoms with E-state index in [1.54, 1.807) is 0 Å². The van der Waals surface area contributed by atoms with Crippen LogP contribution in [-0.2, 0) is 0 Å². The van der Waals surface area contributed by atoms with Gasteiger partial charge in [0.25, 0.3) is 5.91 Å². The molecular weight excluding hydrogens is 224 g/mol. The molecular formula is C15H20N2O. The van der Waals surface area contributed by atoms with Gasteiger partial charge < -0.3 is 10.3 Å². The summed E-state index contributed by atoms with van der Waals surface area (Å²) in [5.41, 5.74) is 3.93.